The second-order valence-electron chi connectivity index (χ2n) is 4.16. The molecule has 0 fully saturated rings. The SMILES string of the molecule is CC(C)C(CN)(Cc1ncccn1)C(=O)O. The summed E-state index contributed by atoms with van der Waals surface area (Å²) in [5.41, 5.74) is 4.64. The number of carboxylic acid groups (broad SMARTS) is 1. The molecule has 0 spiro atoms. The van der Waals surface area contributed by atoms with Gasteiger partial charge in [-0.15, -0.1) is 0 Å². The molecule has 0 aromatic carbocycles. The van der Waals surface area contributed by atoms with Crippen LogP contribution in [0.1, 0.15) is 19.7 Å². The van der Waals surface area contributed by atoms with Crippen molar-refractivity contribution in [3.8, 4) is 0 Å². The zero-order valence-electron chi connectivity index (χ0n) is 9.55. The highest BCUT2D eigenvalue weighted by Crippen LogP contribution is 2.30. The third-order valence-corrected chi connectivity index (χ3v) is 2.99. The van der Waals surface area contributed by atoms with Gasteiger partial charge in [-0.05, 0) is 12.0 Å². The predicted octanol–water partition coefficient (Wildman–Crippen LogP) is 0.705. The van der Waals surface area contributed by atoms with E-state index in [4.69, 9.17) is 5.73 Å². The van der Waals surface area contributed by atoms with Crippen molar-refractivity contribution in [2.75, 3.05) is 6.54 Å². The van der Waals surface area contributed by atoms with Gasteiger partial charge < -0.3 is 10.8 Å². The highest BCUT2D eigenvalue weighted by atomic mass is 16.4. The third kappa shape index (κ3) is 2.36. The summed E-state index contributed by atoms with van der Waals surface area (Å²) < 4.78 is 0. The van der Waals surface area contributed by atoms with E-state index < -0.39 is 11.4 Å². The van der Waals surface area contributed by atoms with Gasteiger partial charge in [-0.25, -0.2) is 9.97 Å². The molecule has 0 bridgehead atoms. The number of rotatable bonds is 5. The Labute approximate surface area is 94.7 Å². The van der Waals surface area contributed by atoms with Crippen LogP contribution in [-0.2, 0) is 11.2 Å². The van der Waals surface area contributed by atoms with Crippen LogP contribution in [0.3, 0.4) is 0 Å². The van der Waals surface area contributed by atoms with E-state index in [1.54, 1.807) is 18.5 Å². The molecule has 1 unspecified atom stereocenters. The van der Waals surface area contributed by atoms with E-state index >= 15 is 0 Å². The van der Waals surface area contributed by atoms with E-state index in [-0.39, 0.29) is 18.9 Å². The lowest BCUT2D eigenvalue weighted by molar-refractivity contribution is -0.151. The van der Waals surface area contributed by atoms with E-state index in [1.807, 2.05) is 13.8 Å². The molecule has 0 radical (unpaired) electrons. The summed E-state index contributed by atoms with van der Waals surface area (Å²) in [6.45, 7) is 3.78. The van der Waals surface area contributed by atoms with E-state index in [0.717, 1.165) is 0 Å². The maximum absolute atomic E-state index is 11.4. The number of aromatic nitrogens is 2. The van der Waals surface area contributed by atoms with Crippen molar-refractivity contribution in [1.82, 2.24) is 9.97 Å². The highest BCUT2D eigenvalue weighted by molar-refractivity contribution is 5.75. The van der Waals surface area contributed by atoms with E-state index in [1.165, 1.54) is 0 Å². The van der Waals surface area contributed by atoms with Crippen LogP contribution in [0, 0.1) is 11.3 Å². The van der Waals surface area contributed by atoms with Gasteiger partial charge in [0.05, 0.1) is 5.41 Å². The largest absolute Gasteiger partial charge is 0.481 e. The molecule has 1 rings (SSSR count). The minimum Gasteiger partial charge on any atom is -0.481 e. The average Bonchev–Trinajstić information content (AvgIpc) is 2.26. The summed E-state index contributed by atoms with van der Waals surface area (Å²) in [5, 5.41) is 9.32. The van der Waals surface area contributed by atoms with Gasteiger partial charge in [-0.2, -0.15) is 0 Å². The van der Waals surface area contributed by atoms with E-state index in [2.05, 4.69) is 9.97 Å². The molecule has 0 aliphatic rings. The van der Waals surface area contributed by atoms with Crippen LogP contribution in [0.5, 0.6) is 0 Å². The van der Waals surface area contributed by atoms with Crippen molar-refractivity contribution in [3.63, 3.8) is 0 Å². The van der Waals surface area contributed by atoms with Crippen LogP contribution in [0.25, 0.3) is 0 Å². The summed E-state index contributed by atoms with van der Waals surface area (Å²) in [4.78, 5) is 19.5. The molecule has 3 N–H and O–H groups in total. The molecule has 88 valence electrons. The summed E-state index contributed by atoms with van der Waals surface area (Å²) in [6.07, 6.45) is 3.47. The number of carboxylic acids is 1. The number of hydrogen-bond donors (Lipinski definition) is 2. The Balaban J connectivity index is 3.00. The topological polar surface area (TPSA) is 89.1 Å². The van der Waals surface area contributed by atoms with Gasteiger partial charge in [-0.3, -0.25) is 4.79 Å². The van der Waals surface area contributed by atoms with Crippen LogP contribution < -0.4 is 5.73 Å². The normalized spacial score (nSPS) is 14.8. The lowest BCUT2D eigenvalue weighted by Crippen LogP contribution is -2.45. The fourth-order valence-electron chi connectivity index (χ4n) is 1.63. The Morgan fingerprint density at radius 2 is 2.06 bits per heavy atom. The number of hydrogen-bond acceptors (Lipinski definition) is 4. The third-order valence-electron chi connectivity index (χ3n) is 2.99. The monoisotopic (exact) mass is 223 g/mol. The first kappa shape index (κ1) is 12.6. The molecule has 0 aliphatic heterocycles. The Hall–Kier alpha value is -1.49. The lowest BCUT2D eigenvalue weighted by atomic mass is 9.74. The van der Waals surface area contributed by atoms with Gasteiger partial charge >= 0.3 is 5.97 Å². The van der Waals surface area contributed by atoms with Crippen molar-refractivity contribution < 1.29 is 9.90 Å². The standard InChI is InChI=1S/C11H17N3O2/c1-8(2)11(7-12,10(15)16)6-9-13-4-3-5-14-9/h3-5,8H,6-7,12H2,1-2H3,(H,15,16). The van der Waals surface area contributed by atoms with Crippen LogP contribution >= 0.6 is 0 Å². The van der Waals surface area contributed by atoms with Gasteiger partial charge in [0.1, 0.15) is 5.82 Å². The molecular weight excluding hydrogens is 206 g/mol. The van der Waals surface area contributed by atoms with Crippen LogP contribution in [0.2, 0.25) is 0 Å². The molecule has 1 aromatic heterocycles. The van der Waals surface area contributed by atoms with Gasteiger partial charge in [-0.1, -0.05) is 13.8 Å². The van der Waals surface area contributed by atoms with Gasteiger partial charge in [0.2, 0.25) is 0 Å². The van der Waals surface area contributed by atoms with E-state index in [0.29, 0.717) is 5.82 Å². The van der Waals surface area contributed by atoms with Crippen molar-refractivity contribution in [2.45, 2.75) is 20.3 Å². The molecule has 5 nitrogen and oxygen atoms in total. The van der Waals surface area contributed by atoms with Crippen molar-refractivity contribution in [2.24, 2.45) is 17.1 Å². The number of aliphatic carboxylic acids is 1. The van der Waals surface area contributed by atoms with Gasteiger partial charge in [0.15, 0.2) is 0 Å². The summed E-state index contributed by atoms with van der Waals surface area (Å²) in [7, 11) is 0. The fourth-order valence-corrected chi connectivity index (χ4v) is 1.63. The molecule has 1 aromatic rings. The summed E-state index contributed by atoms with van der Waals surface area (Å²) in [6, 6.07) is 1.70. The minimum atomic E-state index is -0.985. The lowest BCUT2D eigenvalue weighted by Gasteiger charge is -2.31. The van der Waals surface area contributed by atoms with Gasteiger partial charge in [0.25, 0.3) is 0 Å². The molecule has 0 amide bonds. The highest BCUT2D eigenvalue weighted by Gasteiger charge is 2.41. The molecule has 1 atom stereocenters. The molecule has 5 heteroatoms. The Bertz CT molecular complexity index is 354. The summed E-state index contributed by atoms with van der Waals surface area (Å²) >= 11 is 0. The quantitative estimate of drug-likeness (QED) is 0.767. The van der Waals surface area contributed by atoms with Gasteiger partial charge in [0, 0.05) is 25.4 Å². The number of nitrogens with zero attached hydrogens (tertiary/aromatic N) is 2. The van der Waals surface area contributed by atoms with Crippen molar-refractivity contribution >= 4 is 5.97 Å². The minimum absolute atomic E-state index is 0.0705. The van der Waals surface area contributed by atoms with Crippen LogP contribution in [0.4, 0.5) is 0 Å². The van der Waals surface area contributed by atoms with Crippen molar-refractivity contribution in [1.29, 1.82) is 0 Å². The first-order valence-corrected chi connectivity index (χ1v) is 5.22. The maximum atomic E-state index is 11.4. The summed E-state index contributed by atoms with van der Waals surface area (Å²) in [5.74, 6) is -0.444. The smallest absolute Gasteiger partial charge is 0.311 e. The Morgan fingerprint density at radius 3 is 2.44 bits per heavy atom. The molecule has 0 saturated heterocycles. The van der Waals surface area contributed by atoms with Crippen LogP contribution in [0.15, 0.2) is 18.5 Å². The molecule has 16 heavy (non-hydrogen) atoms. The maximum Gasteiger partial charge on any atom is 0.311 e. The molecule has 0 saturated carbocycles. The Morgan fingerprint density at radius 1 is 1.50 bits per heavy atom. The second-order valence-corrected chi connectivity index (χ2v) is 4.16. The molecule has 1 heterocycles. The number of nitrogens with two attached hydrogens (primary N) is 1. The average molecular weight is 223 g/mol. The zero-order chi connectivity index (χ0) is 12.2. The molecular formula is C11H17N3O2. The van der Waals surface area contributed by atoms with Crippen LogP contribution in [-0.4, -0.2) is 27.6 Å². The van der Waals surface area contributed by atoms with E-state index in [9.17, 15) is 9.90 Å². The second kappa shape index (κ2) is 5.03. The van der Waals surface area contributed by atoms with Crippen molar-refractivity contribution in [3.05, 3.63) is 24.3 Å². The fraction of sp³-hybridized carbons (Fsp3) is 0.545. The zero-order valence-corrected chi connectivity index (χ0v) is 9.55. The Kier molecular flexibility index (Phi) is 3.95. The molecule has 0 aliphatic carbocycles. The first-order valence-electron chi connectivity index (χ1n) is 5.22. The predicted molar refractivity (Wildman–Crippen MR) is 59.7 cm³/mol. The first-order chi connectivity index (χ1) is 7.53. The number of carbonyl (C=O) groups is 1.